The highest BCUT2D eigenvalue weighted by molar-refractivity contribution is 6.14. The Morgan fingerprint density at radius 1 is 0.468 bits per heavy atom. The smallest absolute Gasteiger partial charge is 0.164 e. The van der Waals surface area contributed by atoms with Crippen molar-refractivity contribution in [3.8, 4) is 62.1 Å². The molecule has 1 aliphatic carbocycles. The second kappa shape index (κ2) is 14.8. The van der Waals surface area contributed by atoms with Crippen LogP contribution in [0.5, 0.6) is 0 Å². The van der Waals surface area contributed by atoms with Crippen LogP contribution in [0, 0.1) is 0 Å². The van der Waals surface area contributed by atoms with Crippen molar-refractivity contribution in [2.45, 2.75) is 12.3 Å². The Labute approximate surface area is 359 Å². The van der Waals surface area contributed by atoms with Crippen LogP contribution in [0.25, 0.3) is 101 Å². The van der Waals surface area contributed by atoms with E-state index in [0.717, 1.165) is 67.4 Å². The van der Waals surface area contributed by atoms with E-state index < -0.39 is 0 Å². The molecule has 0 bridgehead atoms. The number of nitrogens with zero attached hydrogens (tertiary/aromatic N) is 4. The molecule has 0 saturated heterocycles. The zero-order valence-corrected chi connectivity index (χ0v) is 33.7. The van der Waals surface area contributed by atoms with Gasteiger partial charge in [0.2, 0.25) is 0 Å². The number of hydrogen-bond acceptors (Lipinski definition) is 4. The molecule has 62 heavy (non-hydrogen) atoms. The molecule has 0 amide bonds. The van der Waals surface area contributed by atoms with Gasteiger partial charge in [0.1, 0.15) is 5.58 Å². The van der Waals surface area contributed by atoms with E-state index >= 15 is 0 Å². The first-order valence-corrected chi connectivity index (χ1v) is 21.1. The summed E-state index contributed by atoms with van der Waals surface area (Å²) < 4.78 is 9.40. The number of aromatic nitrogens is 4. The third-order valence-corrected chi connectivity index (χ3v) is 12.2. The highest BCUT2D eigenvalue weighted by atomic mass is 16.3. The normalized spacial score (nSPS) is 13.5. The number of benzene rings is 8. The predicted molar refractivity (Wildman–Crippen MR) is 253 cm³/mol. The van der Waals surface area contributed by atoms with Gasteiger partial charge in [0.05, 0.1) is 11.2 Å². The summed E-state index contributed by atoms with van der Waals surface area (Å²) in [5, 5.41) is 3.22. The van der Waals surface area contributed by atoms with Crippen LogP contribution >= 0.6 is 0 Å². The lowest BCUT2D eigenvalue weighted by molar-refractivity contribution is 0.665. The molecular weight excluding hydrogens is 757 g/mol. The van der Waals surface area contributed by atoms with Gasteiger partial charge in [-0.3, -0.25) is 0 Å². The number of rotatable bonds is 7. The number of hydrogen-bond donors (Lipinski definition) is 0. The largest absolute Gasteiger partial charge is 0.454 e. The highest BCUT2D eigenvalue weighted by Gasteiger charge is 2.26. The lowest BCUT2D eigenvalue weighted by atomic mass is 9.86. The third kappa shape index (κ3) is 6.13. The van der Waals surface area contributed by atoms with Crippen LogP contribution in [-0.4, -0.2) is 19.5 Å². The average Bonchev–Trinajstić information content (AvgIpc) is 3.90. The molecule has 5 nitrogen and oxygen atoms in total. The van der Waals surface area contributed by atoms with Gasteiger partial charge in [0.15, 0.2) is 23.1 Å². The van der Waals surface area contributed by atoms with E-state index in [2.05, 4.69) is 168 Å². The van der Waals surface area contributed by atoms with Crippen LogP contribution in [0.3, 0.4) is 0 Å². The van der Waals surface area contributed by atoms with Crippen LogP contribution < -0.4 is 0 Å². The Morgan fingerprint density at radius 3 is 1.81 bits per heavy atom. The number of allylic oxidation sites excluding steroid dienone is 1. The lowest BCUT2D eigenvalue weighted by Gasteiger charge is -2.19. The van der Waals surface area contributed by atoms with Crippen LogP contribution in [0.4, 0.5) is 0 Å². The van der Waals surface area contributed by atoms with Crippen molar-refractivity contribution in [3.63, 3.8) is 0 Å². The molecular formula is C57H38N4O. The second-order valence-corrected chi connectivity index (χ2v) is 15.9. The predicted octanol–water partition coefficient (Wildman–Crippen LogP) is 14.4. The van der Waals surface area contributed by atoms with Crippen molar-refractivity contribution in [2.24, 2.45) is 0 Å². The summed E-state index contributed by atoms with van der Waals surface area (Å²) in [7, 11) is 0. The molecule has 8 aromatic carbocycles. The Kier molecular flexibility index (Phi) is 8.56. The van der Waals surface area contributed by atoms with E-state index in [1.54, 1.807) is 0 Å². The van der Waals surface area contributed by atoms with E-state index in [4.69, 9.17) is 19.4 Å². The molecule has 1 atom stereocenters. The topological polar surface area (TPSA) is 56.7 Å². The third-order valence-electron chi connectivity index (χ3n) is 12.2. The fourth-order valence-electron chi connectivity index (χ4n) is 9.26. The standard InChI is InChI=1S/C57H38N4O/c1-5-16-37(17-6-1)41-24-13-25-44(34-41)56-58-55(40-22-11-4-12-23-40)59-57(60-56)47-27-15-29-52-53(47)46-26-14-28-50(54(46)62-52)61-49-33-31-42(38-18-7-2-8-19-38)35-48(49)45-32-30-43(36-51(45)61)39-20-9-3-10-21-39/h1-34,36,42H,35H2. The van der Waals surface area contributed by atoms with Crippen LogP contribution in [0.2, 0.25) is 0 Å². The summed E-state index contributed by atoms with van der Waals surface area (Å²) in [6.07, 6.45) is 5.58. The molecule has 0 N–H and O–H groups in total. The molecule has 1 unspecified atom stereocenters. The number of fused-ring (bicyclic) bond motifs is 6. The fourth-order valence-corrected chi connectivity index (χ4v) is 9.26. The molecule has 0 fully saturated rings. The lowest BCUT2D eigenvalue weighted by Crippen LogP contribution is -2.07. The van der Waals surface area contributed by atoms with Gasteiger partial charge in [-0.1, -0.05) is 182 Å². The van der Waals surface area contributed by atoms with Crippen molar-refractivity contribution in [1.82, 2.24) is 19.5 Å². The molecule has 3 aromatic heterocycles. The van der Waals surface area contributed by atoms with E-state index in [1.165, 1.54) is 33.3 Å². The Bertz CT molecular complexity index is 3480. The number of para-hydroxylation sites is 1. The van der Waals surface area contributed by atoms with Crippen molar-refractivity contribution in [3.05, 3.63) is 223 Å². The Balaban J connectivity index is 1.06. The van der Waals surface area contributed by atoms with Gasteiger partial charge < -0.3 is 8.98 Å². The van der Waals surface area contributed by atoms with E-state index in [9.17, 15) is 0 Å². The van der Waals surface area contributed by atoms with Gasteiger partial charge in [0.25, 0.3) is 0 Å². The Hall–Kier alpha value is -8.15. The zero-order chi connectivity index (χ0) is 41.0. The first kappa shape index (κ1) is 35.8. The molecule has 0 spiro atoms. The van der Waals surface area contributed by atoms with Gasteiger partial charge in [-0.05, 0) is 70.1 Å². The fraction of sp³-hybridized carbons (Fsp3) is 0.0351. The summed E-state index contributed by atoms with van der Waals surface area (Å²) in [6.45, 7) is 0. The van der Waals surface area contributed by atoms with Crippen molar-refractivity contribution in [1.29, 1.82) is 0 Å². The van der Waals surface area contributed by atoms with Gasteiger partial charge in [0, 0.05) is 44.5 Å². The van der Waals surface area contributed by atoms with E-state index in [0.29, 0.717) is 17.5 Å². The zero-order valence-electron chi connectivity index (χ0n) is 33.7. The molecule has 11 aromatic rings. The van der Waals surface area contributed by atoms with E-state index in [1.807, 2.05) is 48.5 Å². The molecule has 292 valence electrons. The van der Waals surface area contributed by atoms with Gasteiger partial charge in [-0.25, -0.2) is 15.0 Å². The molecule has 0 saturated carbocycles. The summed E-state index contributed by atoms with van der Waals surface area (Å²) in [6, 6.07) is 70.0. The minimum atomic E-state index is 0.285. The van der Waals surface area contributed by atoms with Gasteiger partial charge in [-0.2, -0.15) is 0 Å². The van der Waals surface area contributed by atoms with E-state index in [-0.39, 0.29) is 5.92 Å². The maximum Gasteiger partial charge on any atom is 0.164 e. The minimum absolute atomic E-state index is 0.285. The molecule has 12 rings (SSSR count). The second-order valence-electron chi connectivity index (χ2n) is 15.9. The molecule has 0 aliphatic heterocycles. The molecule has 5 heteroatoms. The number of furan rings is 1. The maximum absolute atomic E-state index is 6.99. The quantitative estimate of drug-likeness (QED) is 0.161. The molecule has 1 aliphatic rings. The van der Waals surface area contributed by atoms with Crippen LogP contribution in [0.1, 0.15) is 22.7 Å². The SMILES string of the molecule is C1=CC(c2ccccc2)Cc2c1n(-c1cccc3c1oc1cccc(-c4nc(-c5ccccc5)nc(-c5cccc(-c6ccccc6)c5)n4)c13)c1cc(-c3ccccc3)ccc21. The van der Waals surface area contributed by atoms with Gasteiger partial charge >= 0.3 is 0 Å². The van der Waals surface area contributed by atoms with Crippen molar-refractivity contribution in [2.75, 3.05) is 0 Å². The first-order chi connectivity index (χ1) is 30.7. The highest BCUT2D eigenvalue weighted by Crippen LogP contribution is 2.44. The van der Waals surface area contributed by atoms with Crippen LogP contribution in [-0.2, 0) is 6.42 Å². The van der Waals surface area contributed by atoms with Gasteiger partial charge in [-0.15, -0.1) is 0 Å². The van der Waals surface area contributed by atoms with Crippen molar-refractivity contribution < 1.29 is 4.42 Å². The van der Waals surface area contributed by atoms with Crippen LogP contribution in [0.15, 0.2) is 211 Å². The summed E-state index contributed by atoms with van der Waals surface area (Å²) in [4.78, 5) is 15.5. The molecule has 0 radical (unpaired) electrons. The average molecular weight is 795 g/mol. The summed E-state index contributed by atoms with van der Waals surface area (Å²) in [5.74, 6) is 2.09. The Morgan fingerprint density at radius 2 is 1.06 bits per heavy atom. The molecule has 3 heterocycles. The monoisotopic (exact) mass is 794 g/mol. The summed E-state index contributed by atoms with van der Waals surface area (Å²) in [5.41, 5.74) is 14.9. The summed E-state index contributed by atoms with van der Waals surface area (Å²) >= 11 is 0. The minimum Gasteiger partial charge on any atom is -0.454 e. The first-order valence-electron chi connectivity index (χ1n) is 21.1. The maximum atomic E-state index is 6.99. The van der Waals surface area contributed by atoms with Crippen molar-refractivity contribution >= 4 is 38.9 Å².